The van der Waals surface area contributed by atoms with Gasteiger partial charge in [-0.05, 0) is 61.7 Å². The molecule has 4 N–H and O–H groups in total. The molecule has 2 saturated heterocycles. The van der Waals surface area contributed by atoms with E-state index in [0.29, 0.717) is 45.3 Å². The van der Waals surface area contributed by atoms with Gasteiger partial charge in [0.2, 0.25) is 23.5 Å². The van der Waals surface area contributed by atoms with Gasteiger partial charge in [-0.15, -0.1) is 6.58 Å². The largest absolute Gasteiger partial charge is 0.346 e. The molecule has 268 valence electrons. The Morgan fingerprint density at radius 2 is 1.65 bits per heavy atom. The Morgan fingerprint density at radius 1 is 0.938 bits per heavy atom. The minimum absolute atomic E-state index is 0.0947. The Bertz CT molecular complexity index is 1220. The van der Waals surface area contributed by atoms with Crippen LogP contribution in [0.4, 0.5) is 4.79 Å². The molecule has 0 aromatic rings. The first-order valence-corrected chi connectivity index (χ1v) is 18.1. The molecule has 4 unspecified atom stereocenters. The first kappa shape index (κ1) is 37.4. The highest BCUT2D eigenvalue weighted by molar-refractivity contribution is 6.38. The molecular formula is C36H58N6O6. The van der Waals surface area contributed by atoms with Crippen molar-refractivity contribution < 1.29 is 28.8 Å². The van der Waals surface area contributed by atoms with Gasteiger partial charge in [-0.25, -0.2) is 4.79 Å². The Hall–Kier alpha value is -3.44. The Labute approximate surface area is 285 Å². The fourth-order valence-electron chi connectivity index (χ4n) is 7.39. The molecule has 0 bridgehead atoms. The van der Waals surface area contributed by atoms with Crippen LogP contribution >= 0.6 is 0 Å². The number of piperidine rings is 1. The number of amides is 6. The quantitative estimate of drug-likeness (QED) is 0.164. The maximum atomic E-state index is 14.5. The van der Waals surface area contributed by atoms with Gasteiger partial charge in [0.15, 0.2) is 0 Å². The number of carbonyl (C=O) groups is 6. The van der Waals surface area contributed by atoms with E-state index < -0.39 is 47.2 Å². The third kappa shape index (κ3) is 9.81. The second-order valence-electron chi connectivity index (χ2n) is 15.8. The summed E-state index contributed by atoms with van der Waals surface area (Å²) >= 11 is 0. The summed E-state index contributed by atoms with van der Waals surface area (Å²) < 4.78 is 0. The molecule has 4 aliphatic rings. The third-order valence-corrected chi connectivity index (χ3v) is 10.8. The van der Waals surface area contributed by atoms with Crippen molar-refractivity contribution in [3.8, 4) is 0 Å². The molecular weight excluding hydrogens is 612 g/mol. The molecule has 0 radical (unpaired) electrons. The number of nitrogens with one attached hydrogen (secondary N) is 4. The van der Waals surface area contributed by atoms with Crippen LogP contribution in [0.2, 0.25) is 0 Å². The Morgan fingerprint density at radius 3 is 2.27 bits per heavy atom. The summed E-state index contributed by atoms with van der Waals surface area (Å²) in [6, 6.07) is -3.45. The summed E-state index contributed by atoms with van der Waals surface area (Å²) in [6.45, 7) is 13.2. The van der Waals surface area contributed by atoms with Crippen LogP contribution in [0.3, 0.4) is 0 Å². The highest BCUT2D eigenvalue weighted by Crippen LogP contribution is 2.40. The summed E-state index contributed by atoms with van der Waals surface area (Å²) in [5, 5.41) is 11.5. The minimum Gasteiger partial charge on any atom is -0.346 e. The molecule has 0 spiro atoms. The van der Waals surface area contributed by atoms with Gasteiger partial charge in [0.05, 0.1) is 12.1 Å². The van der Waals surface area contributed by atoms with E-state index >= 15 is 0 Å². The second kappa shape index (κ2) is 16.3. The van der Waals surface area contributed by atoms with Crippen molar-refractivity contribution in [2.24, 2.45) is 16.7 Å². The predicted molar refractivity (Wildman–Crippen MR) is 183 cm³/mol. The predicted octanol–water partition coefficient (Wildman–Crippen LogP) is 3.20. The molecule has 2 aliphatic heterocycles. The van der Waals surface area contributed by atoms with E-state index in [1.807, 2.05) is 32.6 Å². The van der Waals surface area contributed by atoms with Crippen LogP contribution < -0.4 is 21.3 Å². The van der Waals surface area contributed by atoms with Crippen LogP contribution in [0, 0.1) is 16.7 Å². The summed E-state index contributed by atoms with van der Waals surface area (Å²) in [6.07, 6.45) is 11.6. The van der Waals surface area contributed by atoms with E-state index in [-0.39, 0.29) is 35.7 Å². The van der Waals surface area contributed by atoms with Crippen molar-refractivity contribution in [2.75, 3.05) is 26.2 Å². The molecule has 2 saturated carbocycles. The molecule has 2 aliphatic carbocycles. The van der Waals surface area contributed by atoms with Crippen LogP contribution in [0.15, 0.2) is 12.7 Å². The third-order valence-electron chi connectivity index (χ3n) is 10.8. The summed E-state index contributed by atoms with van der Waals surface area (Å²) in [5.74, 6) is -1.85. The first-order chi connectivity index (χ1) is 22.7. The molecule has 48 heavy (non-hydrogen) atoms. The fourth-order valence-corrected chi connectivity index (χ4v) is 7.39. The van der Waals surface area contributed by atoms with E-state index in [0.717, 1.165) is 57.8 Å². The van der Waals surface area contributed by atoms with Gasteiger partial charge in [0.1, 0.15) is 12.1 Å². The van der Waals surface area contributed by atoms with E-state index in [1.165, 1.54) is 6.08 Å². The Balaban J connectivity index is 1.50. The normalized spacial score (nSPS) is 23.0. The van der Waals surface area contributed by atoms with Crippen molar-refractivity contribution in [3.05, 3.63) is 12.7 Å². The SMILES string of the molecule is C=CCNC(=O)C(=O)C(CC1CC1)NC(=O)C1CCCN1C(=O)C(NC(=O)NC(CN1CCCCC1=O)C(C)(C)C)C1(C)CCCCC1. The average Bonchev–Trinajstić information content (AvgIpc) is 3.72. The topological polar surface area (TPSA) is 157 Å². The van der Waals surface area contributed by atoms with E-state index in [9.17, 15) is 28.8 Å². The first-order valence-electron chi connectivity index (χ1n) is 18.1. The lowest BCUT2D eigenvalue weighted by molar-refractivity contribution is -0.144. The number of Topliss-reactive ketones (excluding diaryl/α,β-unsaturated/α-hetero) is 1. The smallest absolute Gasteiger partial charge is 0.315 e. The lowest BCUT2D eigenvalue weighted by Crippen LogP contribution is -2.63. The van der Waals surface area contributed by atoms with Gasteiger partial charge in [0.25, 0.3) is 5.91 Å². The Kier molecular flexibility index (Phi) is 12.7. The molecule has 4 atom stereocenters. The number of ketones is 1. The zero-order valence-electron chi connectivity index (χ0n) is 29.5. The molecule has 12 heteroatoms. The van der Waals surface area contributed by atoms with E-state index in [2.05, 4.69) is 27.8 Å². The van der Waals surface area contributed by atoms with Crippen LogP contribution in [0.1, 0.15) is 111 Å². The van der Waals surface area contributed by atoms with Gasteiger partial charge in [-0.1, -0.05) is 65.9 Å². The van der Waals surface area contributed by atoms with Gasteiger partial charge < -0.3 is 31.1 Å². The zero-order chi connectivity index (χ0) is 35.1. The van der Waals surface area contributed by atoms with Crippen molar-refractivity contribution in [2.45, 2.75) is 135 Å². The van der Waals surface area contributed by atoms with Crippen LogP contribution in [0.25, 0.3) is 0 Å². The van der Waals surface area contributed by atoms with Gasteiger partial charge in [0, 0.05) is 32.6 Å². The van der Waals surface area contributed by atoms with Crippen molar-refractivity contribution >= 4 is 35.4 Å². The van der Waals surface area contributed by atoms with Crippen LogP contribution in [-0.2, 0) is 24.0 Å². The van der Waals surface area contributed by atoms with Crippen LogP contribution in [0.5, 0.6) is 0 Å². The number of carbonyl (C=O) groups excluding carboxylic acids is 6. The second-order valence-corrected chi connectivity index (χ2v) is 15.8. The monoisotopic (exact) mass is 670 g/mol. The van der Waals surface area contributed by atoms with Gasteiger partial charge >= 0.3 is 6.03 Å². The number of hydrogen-bond donors (Lipinski definition) is 4. The average molecular weight is 671 g/mol. The standard InChI is InChI=1S/C36H58N6O6/c1-6-19-37-32(46)29(44)25(22-24-15-16-24)38-31(45)26-13-12-21-42(26)33(47)30(36(5)17-9-7-10-18-36)40-34(48)39-27(35(2,3)4)23-41-20-11-8-14-28(41)43/h6,24-27,30H,1,7-23H2,2-5H3,(H,37,46)(H,38,45)(H2,39,40,48). The highest BCUT2D eigenvalue weighted by atomic mass is 16.2. The number of hydrogen-bond acceptors (Lipinski definition) is 6. The van der Waals surface area contributed by atoms with Gasteiger partial charge in [-0.2, -0.15) is 0 Å². The number of rotatable bonds is 14. The van der Waals surface area contributed by atoms with E-state index in [1.54, 1.807) is 4.90 Å². The molecule has 0 aromatic heterocycles. The fraction of sp³-hybridized carbons (Fsp3) is 0.778. The lowest BCUT2D eigenvalue weighted by Gasteiger charge is -2.43. The van der Waals surface area contributed by atoms with Crippen LogP contribution in [-0.4, -0.2) is 95.6 Å². The molecule has 12 nitrogen and oxygen atoms in total. The highest BCUT2D eigenvalue weighted by Gasteiger charge is 2.47. The summed E-state index contributed by atoms with van der Waals surface area (Å²) in [4.78, 5) is 83.5. The summed E-state index contributed by atoms with van der Waals surface area (Å²) in [7, 11) is 0. The molecule has 4 fully saturated rings. The van der Waals surface area contributed by atoms with Crippen molar-refractivity contribution in [3.63, 3.8) is 0 Å². The maximum absolute atomic E-state index is 14.5. The zero-order valence-corrected chi connectivity index (χ0v) is 29.5. The van der Waals surface area contributed by atoms with E-state index in [4.69, 9.17) is 0 Å². The van der Waals surface area contributed by atoms with Crippen molar-refractivity contribution in [1.82, 2.24) is 31.1 Å². The number of likely N-dealkylation sites (tertiary alicyclic amines) is 2. The molecule has 2 heterocycles. The maximum Gasteiger partial charge on any atom is 0.315 e. The lowest BCUT2D eigenvalue weighted by atomic mass is 9.70. The molecule has 4 rings (SSSR count). The summed E-state index contributed by atoms with van der Waals surface area (Å²) in [5.41, 5.74) is -0.859. The molecule has 6 amide bonds. The van der Waals surface area contributed by atoms with Crippen molar-refractivity contribution in [1.29, 1.82) is 0 Å². The molecule has 0 aromatic carbocycles. The number of nitrogens with zero attached hydrogens (tertiary/aromatic N) is 2. The number of urea groups is 1. The van der Waals surface area contributed by atoms with Gasteiger partial charge in [-0.3, -0.25) is 24.0 Å². The minimum atomic E-state index is -0.968.